The molecule has 0 unspecified atom stereocenters. The predicted molar refractivity (Wildman–Crippen MR) is 112 cm³/mol. The molecular weight excluding hydrogens is 340 g/mol. The number of aryl methyl sites for hydroxylation is 1. The predicted octanol–water partition coefficient (Wildman–Crippen LogP) is 3.91. The Kier molecular flexibility index (Phi) is 7.09. The average Bonchev–Trinajstić information content (AvgIpc) is 3.30. The number of hydrogen-bond acceptors (Lipinski definition) is 3. The zero-order chi connectivity index (χ0) is 18.2. The molecule has 4 nitrogen and oxygen atoms in total. The van der Waals surface area contributed by atoms with Gasteiger partial charge in [0.2, 0.25) is 0 Å². The summed E-state index contributed by atoms with van der Waals surface area (Å²) in [6.07, 6.45) is 2.69. The van der Waals surface area contributed by atoms with Crippen LogP contribution >= 0.6 is 11.3 Å². The Labute approximate surface area is 161 Å². The van der Waals surface area contributed by atoms with E-state index in [9.17, 15) is 0 Å². The van der Waals surface area contributed by atoms with Gasteiger partial charge in [0.1, 0.15) is 0 Å². The molecule has 0 spiro atoms. The van der Waals surface area contributed by atoms with Crippen molar-refractivity contribution in [3.05, 3.63) is 57.3 Å². The van der Waals surface area contributed by atoms with Crippen LogP contribution < -0.4 is 10.6 Å². The minimum atomic E-state index is 0.697. The first-order valence-corrected chi connectivity index (χ1v) is 10.5. The monoisotopic (exact) mass is 370 g/mol. The Hall–Kier alpha value is -1.85. The van der Waals surface area contributed by atoms with E-state index in [-0.39, 0.29) is 0 Å². The highest BCUT2D eigenvalue weighted by atomic mass is 32.1. The van der Waals surface area contributed by atoms with Crippen LogP contribution in [0.15, 0.2) is 40.7 Å². The third-order valence-electron chi connectivity index (χ3n) is 4.78. The second-order valence-electron chi connectivity index (χ2n) is 6.88. The zero-order valence-corrected chi connectivity index (χ0v) is 16.7. The SMILES string of the molecule is CCNC(=NCc1ccc(CN2CCCC2)cc1)NCc1sccc1C. The Balaban J connectivity index is 1.53. The molecule has 5 heteroatoms. The van der Waals surface area contributed by atoms with Gasteiger partial charge in [-0.25, -0.2) is 4.99 Å². The summed E-state index contributed by atoms with van der Waals surface area (Å²) in [6.45, 7) is 10.2. The summed E-state index contributed by atoms with van der Waals surface area (Å²) < 4.78 is 0. The number of nitrogens with zero attached hydrogens (tertiary/aromatic N) is 2. The van der Waals surface area contributed by atoms with Crippen LogP contribution in [-0.2, 0) is 19.6 Å². The first-order chi connectivity index (χ1) is 12.7. The van der Waals surface area contributed by atoms with Gasteiger partial charge in [-0.1, -0.05) is 24.3 Å². The number of aliphatic imine (C=N–C) groups is 1. The number of rotatable bonds is 7. The Morgan fingerprint density at radius 1 is 1.08 bits per heavy atom. The van der Waals surface area contributed by atoms with Crippen LogP contribution in [0.1, 0.15) is 41.3 Å². The fourth-order valence-electron chi connectivity index (χ4n) is 3.21. The third-order valence-corrected chi connectivity index (χ3v) is 5.80. The van der Waals surface area contributed by atoms with Crippen LogP contribution in [0.2, 0.25) is 0 Å². The van der Waals surface area contributed by atoms with Gasteiger partial charge in [0.15, 0.2) is 5.96 Å². The van der Waals surface area contributed by atoms with Crippen LogP contribution in [0.4, 0.5) is 0 Å². The van der Waals surface area contributed by atoms with Gasteiger partial charge >= 0.3 is 0 Å². The molecule has 0 atom stereocenters. The van der Waals surface area contributed by atoms with Gasteiger partial charge < -0.3 is 10.6 Å². The van der Waals surface area contributed by atoms with Gasteiger partial charge in [0, 0.05) is 18.0 Å². The van der Waals surface area contributed by atoms with Crippen LogP contribution in [0, 0.1) is 6.92 Å². The number of likely N-dealkylation sites (tertiary alicyclic amines) is 1. The smallest absolute Gasteiger partial charge is 0.191 e. The molecule has 1 aliphatic rings. The third kappa shape index (κ3) is 5.58. The quantitative estimate of drug-likeness (QED) is 0.573. The van der Waals surface area contributed by atoms with Crippen molar-refractivity contribution in [1.29, 1.82) is 0 Å². The Morgan fingerprint density at radius 2 is 1.81 bits per heavy atom. The van der Waals surface area contributed by atoms with Gasteiger partial charge in [-0.3, -0.25) is 4.90 Å². The van der Waals surface area contributed by atoms with Crippen molar-refractivity contribution in [2.45, 2.75) is 46.3 Å². The van der Waals surface area contributed by atoms with Gasteiger partial charge in [-0.15, -0.1) is 11.3 Å². The molecule has 1 aliphatic heterocycles. The van der Waals surface area contributed by atoms with E-state index >= 15 is 0 Å². The molecule has 1 fully saturated rings. The fraction of sp³-hybridized carbons (Fsp3) is 0.476. The van der Waals surface area contributed by atoms with Crippen LogP contribution in [0.5, 0.6) is 0 Å². The molecule has 2 heterocycles. The van der Waals surface area contributed by atoms with Crippen molar-refractivity contribution in [3.63, 3.8) is 0 Å². The number of guanidine groups is 1. The summed E-state index contributed by atoms with van der Waals surface area (Å²) in [5.74, 6) is 0.876. The van der Waals surface area contributed by atoms with Gasteiger partial charge in [0.05, 0.1) is 13.1 Å². The molecule has 0 aliphatic carbocycles. The molecule has 2 N–H and O–H groups in total. The zero-order valence-electron chi connectivity index (χ0n) is 15.9. The van der Waals surface area contributed by atoms with E-state index in [1.54, 1.807) is 11.3 Å². The van der Waals surface area contributed by atoms with Crippen molar-refractivity contribution in [2.75, 3.05) is 19.6 Å². The Bertz CT molecular complexity index is 699. The molecule has 0 saturated carbocycles. The second-order valence-corrected chi connectivity index (χ2v) is 7.88. The van der Waals surface area contributed by atoms with E-state index in [1.807, 2.05) is 0 Å². The van der Waals surface area contributed by atoms with E-state index in [1.165, 1.54) is 47.5 Å². The molecule has 1 saturated heterocycles. The second kappa shape index (κ2) is 9.74. The molecule has 0 bridgehead atoms. The van der Waals surface area contributed by atoms with Crippen molar-refractivity contribution in [2.24, 2.45) is 4.99 Å². The van der Waals surface area contributed by atoms with E-state index in [4.69, 9.17) is 4.99 Å². The summed E-state index contributed by atoms with van der Waals surface area (Å²) in [6, 6.07) is 11.1. The minimum Gasteiger partial charge on any atom is -0.357 e. The molecule has 2 aromatic rings. The minimum absolute atomic E-state index is 0.697. The summed E-state index contributed by atoms with van der Waals surface area (Å²) in [5.41, 5.74) is 3.99. The van der Waals surface area contributed by atoms with Gasteiger partial charge in [-0.2, -0.15) is 0 Å². The molecule has 1 aromatic heterocycles. The maximum atomic E-state index is 4.73. The number of thiophene rings is 1. The Morgan fingerprint density at radius 3 is 2.46 bits per heavy atom. The van der Waals surface area contributed by atoms with E-state index in [0.717, 1.165) is 25.6 Å². The van der Waals surface area contributed by atoms with Gasteiger partial charge in [-0.05, 0) is 67.9 Å². The van der Waals surface area contributed by atoms with E-state index in [0.29, 0.717) is 6.54 Å². The molecule has 26 heavy (non-hydrogen) atoms. The topological polar surface area (TPSA) is 39.7 Å². The largest absolute Gasteiger partial charge is 0.357 e. The maximum absolute atomic E-state index is 4.73. The first-order valence-electron chi connectivity index (χ1n) is 9.60. The standard InChI is InChI=1S/C21H30N4S/c1-3-22-21(24-15-20-17(2)10-13-26-20)23-14-18-6-8-19(9-7-18)16-25-11-4-5-12-25/h6-10,13H,3-5,11-12,14-16H2,1-2H3,(H2,22,23,24). The van der Waals surface area contributed by atoms with Crippen molar-refractivity contribution in [3.8, 4) is 0 Å². The summed E-state index contributed by atoms with van der Waals surface area (Å²) in [4.78, 5) is 8.63. The first kappa shape index (κ1) is 18.9. The maximum Gasteiger partial charge on any atom is 0.191 e. The molecule has 140 valence electrons. The normalized spacial score (nSPS) is 15.4. The van der Waals surface area contributed by atoms with Gasteiger partial charge in [0.25, 0.3) is 0 Å². The average molecular weight is 371 g/mol. The highest BCUT2D eigenvalue weighted by molar-refractivity contribution is 7.10. The summed E-state index contributed by atoms with van der Waals surface area (Å²) in [5, 5.41) is 8.91. The highest BCUT2D eigenvalue weighted by Gasteiger charge is 2.11. The molecular formula is C21H30N4S. The highest BCUT2D eigenvalue weighted by Crippen LogP contribution is 2.15. The van der Waals surface area contributed by atoms with E-state index in [2.05, 4.69) is 65.1 Å². The van der Waals surface area contributed by atoms with Crippen molar-refractivity contribution in [1.82, 2.24) is 15.5 Å². The van der Waals surface area contributed by atoms with Crippen LogP contribution in [0.3, 0.4) is 0 Å². The molecule has 3 rings (SSSR count). The lowest BCUT2D eigenvalue weighted by Crippen LogP contribution is -2.36. The molecule has 0 amide bonds. The van der Waals surface area contributed by atoms with Crippen molar-refractivity contribution >= 4 is 17.3 Å². The van der Waals surface area contributed by atoms with Crippen molar-refractivity contribution < 1.29 is 0 Å². The lowest BCUT2D eigenvalue weighted by molar-refractivity contribution is 0.331. The lowest BCUT2D eigenvalue weighted by Gasteiger charge is -2.14. The number of nitrogens with one attached hydrogen (secondary N) is 2. The number of hydrogen-bond donors (Lipinski definition) is 2. The molecule has 0 radical (unpaired) electrons. The van der Waals surface area contributed by atoms with Crippen LogP contribution in [-0.4, -0.2) is 30.5 Å². The van der Waals surface area contributed by atoms with E-state index < -0.39 is 0 Å². The molecule has 1 aromatic carbocycles. The summed E-state index contributed by atoms with van der Waals surface area (Å²) in [7, 11) is 0. The number of benzene rings is 1. The lowest BCUT2D eigenvalue weighted by atomic mass is 10.1. The fourth-order valence-corrected chi connectivity index (χ4v) is 4.06. The van der Waals surface area contributed by atoms with Crippen LogP contribution in [0.25, 0.3) is 0 Å². The summed E-state index contributed by atoms with van der Waals surface area (Å²) >= 11 is 1.79.